The Kier molecular flexibility index (Phi) is 4.14. The van der Waals surface area contributed by atoms with Crippen LogP contribution in [-0.2, 0) is 9.53 Å². The third kappa shape index (κ3) is 3.20. The Hall–Kier alpha value is -0.570. The fourth-order valence-corrected chi connectivity index (χ4v) is 1.67. The summed E-state index contributed by atoms with van der Waals surface area (Å²) >= 11 is 0. The van der Waals surface area contributed by atoms with Crippen molar-refractivity contribution in [2.45, 2.75) is 58.6 Å². The fraction of sp³-hybridized carbons (Fsp3) is 0.917. The van der Waals surface area contributed by atoms with Gasteiger partial charge in [0, 0.05) is 0 Å². The predicted octanol–water partition coefficient (Wildman–Crippen LogP) is 2.11. The molecule has 2 atom stereocenters. The van der Waals surface area contributed by atoms with Gasteiger partial charge in [-0.25, -0.2) is 0 Å². The van der Waals surface area contributed by atoms with Crippen molar-refractivity contribution in [1.29, 1.82) is 0 Å². The van der Waals surface area contributed by atoms with Crippen molar-refractivity contribution in [2.75, 3.05) is 6.54 Å². The van der Waals surface area contributed by atoms with E-state index in [-0.39, 0.29) is 12.1 Å². The second-order valence-electron chi connectivity index (χ2n) is 5.07. The number of esters is 1. The molecule has 0 amide bonds. The molecule has 1 saturated heterocycles. The van der Waals surface area contributed by atoms with Crippen LogP contribution in [0.1, 0.15) is 47.0 Å². The van der Waals surface area contributed by atoms with Crippen LogP contribution in [0.5, 0.6) is 0 Å². The first-order chi connectivity index (χ1) is 6.96. The molecule has 1 fully saturated rings. The van der Waals surface area contributed by atoms with Gasteiger partial charge in [0.05, 0.1) is 0 Å². The molecule has 3 heteroatoms. The molecule has 1 aliphatic heterocycles. The average Bonchev–Trinajstić information content (AvgIpc) is 2.18. The fourth-order valence-electron chi connectivity index (χ4n) is 1.67. The largest absolute Gasteiger partial charge is 0.461 e. The molecular formula is C12H23NO2. The zero-order valence-corrected chi connectivity index (χ0v) is 10.3. The van der Waals surface area contributed by atoms with E-state index in [9.17, 15) is 4.79 Å². The predicted molar refractivity (Wildman–Crippen MR) is 60.7 cm³/mol. The molecule has 0 aromatic rings. The van der Waals surface area contributed by atoms with E-state index in [4.69, 9.17) is 4.74 Å². The van der Waals surface area contributed by atoms with Crippen molar-refractivity contribution in [3.05, 3.63) is 0 Å². The molecule has 0 aliphatic carbocycles. The molecule has 0 aromatic carbocycles. The zero-order chi connectivity index (χ0) is 11.5. The van der Waals surface area contributed by atoms with Crippen LogP contribution in [0.4, 0.5) is 0 Å². The Bertz CT molecular complexity index is 220. The van der Waals surface area contributed by atoms with Gasteiger partial charge in [-0.2, -0.15) is 0 Å². The quantitative estimate of drug-likeness (QED) is 0.730. The van der Waals surface area contributed by atoms with Gasteiger partial charge in [-0.15, -0.1) is 0 Å². The minimum atomic E-state index is -0.457. The molecule has 1 aliphatic rings. The normalized spacial score (nSPS) is 28.9. The molecule has 2 unspecified atom stereocenters. The van der Waals surface area contributed by atoms with Crippen LogP contribution in [0.15, 0.2) is 0 Å². The number of piperidine rings is 1. The number of hydrogen-bond donors (Lipinski definition) is 1. The third-order valence-corrected chi connectivity index (χ3v) is 3.30. The lowest BCUT2D eigenvalue weighted by molar-refractivity contribution is -0.158. The van der Waals surface area contributed by atoms with Crippen LogP contribution in [-0.4, -0.2) is 24.2 Å². The van der Waals surface area contributed by atoms with Gasteiger partial charge in [-0.3, -0.25) is 4.79 Å². The van der Waals surface area contributed by atoms with E-state index in [0.29, 0.717) is 5.92 Å². The lowest BCUT2D eigenvalue weighted by Crippen LogP contribution is -2.53. The number of hydrogen-bond acceptors (Lipinski definition) is 3. The molecule has 0 saturated carbocycles. The molecule has 1 N–H and O–H groups in total. The van der Waals surface area contributed by atoms with E-state index in [0.717, 1.165) is 25.8 Å². The standard InChI is InChI=1S/C12H23NO2/c1-9(2)10(3)15-11(14)12(4)7-5-6-8-13-12/h9-10,13H,5-8H2,1-4H3. The number of carbonyl (C=O) groups excluding carboxylic acids is 1. The Morgan fingerprint density at radius 3 is 2.47 bits per heavy atom. The van der Waals surface area contributed by atoms with Crippen molar-refractivity contribution in [3.63, 3.8) is 0 Å². The summed E-state index contributed by atoms with van der Waals surface area (Å²) < 4.78 is 5.45. The summed E-state index contributed by atoms with van der Waals surface area (Å²) in [6.45, 7) is 8.95. The molecule has 1 rings (SSSR count). The van der Waals surface area contributed by atoms with E-state index in [1.807, 2.05) is 13.8 Å². The van der Waals surface area contributed by atoms with E-state index in [2.05, 4.69) is 19.2 Å². The first-order valence-corrected chi connectivity index (χ1v) is 5.92. The molecule has 3 nitrogen and oxygen atoms in total. The summed E-state index contributed by atoms with van der Waals surface area (Å²) in [5.74, 6) is 0.282. The topological polar surface area (TPSA) is 38.3 Å². The van der Waals surface area contributed by atoms with Crippen LogP contribution in [0, 0.1) is 5.92 Å². The summed E-state index contributed by atoms with van der Waals surface area (Å²) in [5, 5.41) is 3.26. The third-order valence-electron chi connectivity index (χ3n) is 3.30. The van der Waals surface area contributed by atoms with Gasteiger partial charge in [0.1, 0.15) is 11.6 Å². The van der Waals surface area contributed by atoms with Gasteiger partial charge in [0.25, 0.3) is 0 Å². The summed E-state index contributed by atoms with van der Waals surface area (Å²) in [4.78, 5) is 12.0. The van der Waals surface area contributed by atoms with Crippen LogP contribution >= 0.6 is 0 Å². The van der Waals surface area contributed by atoms with Crippen molar-refractivity contribution < 1.29 is 9.53 Å². The van der Waals surface area contributed by atoms with Crippen LogP contribution < -0.4 is 5.32 Å². The maximum atomic E-state index is 12.0. The smallest absolute Gasteiger partial charge is 0.326 e. The molecule has 1 heterocycles. The number of ether oxygens (including phenoxy) is 1. The van der Waals surface area contributed by atoms with Gasteiger partial charge in [-0.1, -0.05) is 13.8 Å². The zero-order valence-electron chi connectivity index (χ0n) is 10.3. The van der Waals surface area contributed by atoms with Crippen molar-refractivity contribution in [3.8, 4) is 0 Å². The van der Waals surface area contributed by atoms with E-state index < -0.39 is 5.54 Å². The Morgan fingerprint density at radius 2 is 2.00 bits per heavy atom. The number of rotatable bonds is 3. The molecule has 15 heavy (non-hydrogen) atoms. The Labute approximate surface area is 92.6 Å². The summed E-state index contributed by atoms with van der Waals surface area (Å²) in [5.41, 5.74) is -0.457. The second-order valence-corrected chi connectivity index (χ2v) is 5.07. The van der Waals surface area contributed by atoms with Crippen LogP contribution in [0.2, 0.25) is 0 Å². The number of carbonyl (C=O) groups is 1. The molecule has 0 bridgehead atoms. The van der Waals surface area contributed by atoms with E-state index in [1.165, 1.54) is 0 Å². The Balaban J connectivity index is 2.51. The van der Waals surface area contributed by atoms with Gasteiger partial charge in [-0.05, 0) is 45.6 Å². The van der Waals surface area contributed by atoms with E-state index >= 15 is 0 Å². The Morgan fingerprint density at radius 1 is 1.33 bits per heavy atom. The summed E-state index contributed by atoms with van der Waals surface area (Å²) in [6, 6.07) is 0. The first kappa shape index (κ1) is 12.5. The molecule has 88 valence electrons. The monoisotopic (exact) mass is 213 g/mol. The molecule has 0 aromatic heterocycles. The minimum Gasteiger partial charge on any atom is -0.461 e. The summed E-state index contributed by atoms with van der Waals surface area (Å²) in [6.07, 6.45) is 3.14. The van der Waals surface area contributed by atoms with Crippen molar-refractivity contribution in [1.82, 2.24) is 5.32 Å². The highest BCUT2D eigenvalue weighted by molar-refractivity contribution is 5.80. The second kappa shape index (κ2) is 4.97. The van der Waals surface area contributed by atoms with Gasteiger partial charge in [0.15, 0.2) is 0 Å². The average molecular weight is 213 g/mol. The highest BCUT2D eigenvalue weighted by Crippen LogP contribution is 2.21. The van der Waals surface area contributed by atoms with E-state index in [1.54, 1.807) is 0 Å². The van der Waals surface area contributed by atoms with Gasteiger partial charge in [0.2, 0.25) is 0 Å². The highest BCUT2D eigenvalue weighted by atomic mass is 16.5. The number of nitrogens with one attached hydrogen (secondary N) is 1. The lowest BCUT2D eigenvalue weighted by atomic mass is 9.91. The van der Waals surface area contributed by atoms with Crippen LogP contribution in [0.3, 0.4) is 0 Å². The molecule has 0 radical (unpaired) electrons. The summed E-state index contributed by atoms with van der Waals surface area (Å²) in [7, 11) is 0. The van der Waals surface area contributed by atoms with Gasteiger partial charge < -0.3 is 10.1 Å². The SMILES string of the molecule is CC(C)C(C)OC(=O)C1(C)CCCCN1. The van der Waals surface area contributed by atoms with Crippen molar-refractivity contribution >= 4 is 5.97 Å². The van der Waals surface area contributed by atoms with Crippen LogP contribution in [0.25, 0.3) is 0 Å². The van der Waals surface area contributed by atoms with Crippen molar-refractivity contribution in [2.24, 2.45) is 5.92 Å². The maximum Gasteiger partial charge on any atom is 0.326 e. The molecule has 0 spiro atoms. The lowest BCUT2D eigenvalue weighted by Gasteiger charge is -2.34. The minimum absolute atomic E-state index is 0.00180. The first-order valence-electron chi connectivity index (χ1n) is 5.92. The molecular weight excluding hydrogens is 190 g/mol. The maximum absolute atomic E-state index is 12.0. The highest BCUT2D eigenvalue weighted by Gasteiger charge is 2.36. The van der Waals surface area contributed by atoms with Gasteiger partial charge >= 0.3 is 5.97 Å².